The predicted octanol–water partition coefficient (Wildman–Crippen LogP) is 0.139. The van der Waals surface area contributed by atoms with Crippen LogP contribution < -0.4 is 10.6 Å². The number of rotatable bonds is 5. The van der Waals surface area contributed by atoms with Crippen LogP contribution in [0.4, 0.5) is 11.9 Å². The molecule has 1 aromatic rings. The third-order valence-electron chi connectivity index (χ3n) is 1.62. The molecule has 0 aromatic carbocycles. The monoisotopic (exact) mass is 245 g/mol. The molecule has 0 unspecified atom stereocenters. The molecule has 8 heteroatoms. The van der Waals surface area contributed by atoms with Crippen LogP contribution in [0.1, 0.15) is 13.8 Å². The van der Waals surface area contributed by atoms with Gasteiger partial charge in [-0.05, 0) is 13.8 Å². The van der Waals surface area contributed by atoms with E-state index in [1.54, 1.807) is 0 Å². The van der Waals surface area contributed by atoms with Crippen molar-refractivity contribution in [2.24, 2.45) is 0 Å². The zero-order valence-corrected chi connectivity index (χ0v) is 10.3. The minimum absolute atomic E-state index is 0.227. The number of aromatic nitrogens is 3. The van der Waals surface area contributed by atoms with Gasteiger partial charge in [0, 0.05) is 19.3 Å². The van der Waals surface area contributed by atoms with Crippen LogP contribution in [0.5, 0.6) is 0 Å². The summed E-state index contributed by atoms with van der Waals surface area (Å²) in [4.78, 5) is 11.6. The zero-order valence-electron chi connectivity index (χ0n) is 9.48. The molecule has 2 N–H and O–H groups in total. The van der Waals surface area contributed by atoms with Gasteiger partial charge in [0.2, 0.25) is 21.7 Å². The summed E-state index contributed by atoms with van der Waals surface area (Å²) >= 11 is 0. The van der Waals surface area contributed by atoms with Gasteiger partial charge in [0.25, 0.3) is 5.16 Å². The average Bonchev–Trinajstić information content (AvgIpc) is 2.17. The second-order valence-electron chi connectivity index (χ2n) is 3.10. The first-order valence-electron chi connectivity index (χ1n) is 4.91. The van der Waals surface area contributed by atoms with Crippen molar-refractivity contribution < 1.29 is 8.42 Å². The van der Waals surface area contributed by atoms with Crippen LogP contribution in [-0.2, 0) is 9.84 Å². The Bertz CT molecular complexity index is 435. The van der Waals surface area contributed by atoms with Crippen LogP contribution in [0.2, 0.25) is 0 Å². The molecule has 0 saturated carbocycles. The first-order valence-corrected chi connectivity index (χ1v) is 6.80. The lowest BCUT2D eigenvalue weighted by molar-refractivity contribution is 0.592. The van der Waals surface area contributed by atoms with E-state index >= 15 is 0 Å². The first-order chi connectivity index (χ1) is 7.47. The molecule has 1 heterocycles. The Kier molecular flexibility index (Phi) is 3.99. The molecule has 0 aliphatic rings. The molecule has 0 radical (unpaired) electrons. The minimum atomic E-state index is -3.43. The molecule has 90 valence electrons. The second-order valence-corrected chi connectivity index (χ2v) is 5.01. The van der Waals surface area contributed by atoms with E-state index in [2.05, 4.69) is 25.6 Å². The number of anilines is 2. The second kappa shape index (κ2) is 5.06. The van der Waals surface area contributed by atoms with Crippen LogP contribution in [0.15, 0.2) is 5.16 Å². The van der Waals surface area contributed by atoms with E-state index in [1.807, 2.05) is 13.8 Å². The summed E-state index contributed by atoms with van der Waals surface area (Å²) in [6.45, 7) is 4.96. The average molecular weight is 245 g/mol. The third-order valence-corrected chi connectivity index (χ3v) is 2.46. The van der Waals surface area contributed by atoms with Crippen molar-refractivity contribution in [1.82, 2.24) is 15.0 Å². The van der Waals surface area contributed by atoms with Gasteiger partial charge in [-0.3, -0.25) is 0 Å². The molecule has 0 aliphatic carbocycles. The number of hydrogen-bond acceptors (Lipinski definition) is 7. The van der Waals surface area contributed by atoms with Crippen molar-refractivity contribution in [2.75, 3.05) is 30.0 Å². The van der Waals surface area contributed by atoms with Crippen molar-refractivity contribution in [3.63, 3.8) is 0 Å². The maximum atomic E-state index is 11.3. The largest absolute Gasteiger partial charge is 0.354 e. The summed E-state index contributed by atoms with van der Waals surface area (Å²) in [6.07, 6.45) is 1.06. The maximum Gasteiger partial charge on any atom is 0.253 e. The number of sulfone groups is 1. The molecule has 0 aliphatic heterocycles. The van der Waals surface area contributed by atoms with Gasteiger partial charge in [0.1, 0.15) is 0 Å². The molecule has 1 rings (SSSR count). The van der Waals surface area contributed by atoms with Gasteiger partial charge in [-0.15, -0.1) is 0 Å². The van der Waals surface area contributed by atoms with Crippen molar-refractivity contribution in [2.45, 2.75) is 19.0 Å². The molecule has 0 saturated heterocycles. The molecule has 7 nitrogen and oxygen atoms in total. The number of nitrogens with one attached hydrogen (secondary N) is 2. The quantitative estimate of drug-likeness (QED) is 0.761. The molecular formula is C8H15N5O2S. The highest BCUT2D eigenvalue weighted by Crippen LogP contribution is 2.09. The molecular weight excluding hydrogens is 230 g/mol. The zero-order chi connectivity index (χ0) is 12.2. The summed E-state index contributed by atoms with van der Waals surface area (Å²) in [6, 6.07) is 0. The van der Waals surface area contributed by atoms with Crippen molar-refractivity contribution in [3.05, 3.63) is 0 Å². The van der Waals surface area contributed by atoms with Crippen LogP contribution in [-0.4, -0.2) is 42.7 Å². The molecule has 0 atom stereocenters. The summed E-state index contributed by atoms with van der Waals surface area (Å²) < 4.78 is 22.7. The molecule has 0 amide bonds. The normalized spacial score (nSPS) is 11.2. The van der Waals surface area contributed by atoms with Crippen molar-refractivity contribution in [1.29, 1.82) is 0 Å². The Hall–Kier alpha value is -1.44. The van der Waals surface area contributed by atoms with E-state index in [1.165, 1.54) is 0 Å². The van der Waals surface area contributed by atoms with Crippen molar-refractivity contribution >= 4 is 21.7 Å². The summed E-state index contributed by atoms with van der Waals surface area (Å²) in [7, 11) is -3.43. The first kappa shape index (κ1) is 12.6. The lowest BCUT2D eigenvalue weighted by Gasteiger charge is -2.06. The molecule has 0 bridgehead atoms. The van der Waals surface area contributed by atoms with Gasteiger partial charge in [0.05, 0.1) is 0 Å². The lowest BCUT2D eigenvalue weighted by atomic mass is 10.7. The molecule has 16 heavy (non-hydrogen) atoms. The fourth-order valence-electron chi connectivity index (χ4n) is 0.997. The van der Waals surface area contributed by atoms with E-state index in [0.29, 0.717) is 13.1 Å². The fraction of sp³-hybridized carbons (Fsp3) is 0.625. The van der Waals surface area contributed by atoms with E-state index in [0.717, 1.165) is 6.26 Å². The Morgan fingerprint density at radius 1 is 1.00 bits per heavy atom. The molecule has 0 spiro atoms. The molecule has 0 fully saturated rings. The van der Waals surface area contributed by atoms with Gasteiger partial charge in [-0.2, -0.15) is 15.0 Å². The Labute approximate surface area is 94.6 Å². The highest BCUT2D eigenvalue weighted by molar-refractivity contribution is 7.90. The third kappa shape index (κ3) is 3.30. The Morgan fingerprint density at radius 2 is 1.44 bits per heavy atom. The highest BCUT2D eigenvalue weighted by Gasteiger charge is 2.14. The smallest absolute Gasteiger partial charge is 0.253 e. The van der Waals surface area contributed by atoms with Gasteiger partial charge in [0.15, 0.2) is 0 Å². The predicted molar refractivity (Wildman–Crippen MR) is 61.3 cm³/mol. The van der Waals surface area contributed by atoms with E-state index in [4.69, 9.17) is 0 Å². The topological polar surface area (TPSA) is 96.9 Å². The Morgan fingerprint density at radius 3 is 1.75 bits per heavy atom. The van der Waals surface area contributed by atoms with Crippen molar-refractivity contribution in [3.8, 4) is 0 Å². The Balaban J connectivity index is 3.18. The SMILES string of the molecule is CCNc1nc(NCC)nc(S(C)(=O)=O)n1. The van der Waals surface area contributed by atoms with E-state index in [9.17, 15) is 8.42 Å². The number of hydrogen-bond donors (Lipinski definition) is 2. The summed E-state index contributed by atoms with van der Waals surface area (Å²) in [5, 5.41) is 5.48. The standard InChI is InChI=1S/C8H15N5O2S/c1-4-9-6-11-7(10-5-2)13-8(12-6)16(3,14)15/h4-5H2,1-3H3,(H2,9,10,11,12,13). The van der Waals surface area contributed by atoms with Gasteiger partial charge < -0.3 is 10.6 Å². The number of nitrogens with zero attached hydrogens (tertiary/aromatic N) is 3. The minimum Gasteiger partial charge on any atom is -0.354 e. The summed E-state index contributed by atoms with van der Waals surface area (Å²) in [5.74, 6) is 0.516. The van der Waals surface area contributed by atoms with Gasteiger partial charge in [-0.25, -0.2) is 8.42 Å². The summed E-state index contributed by atoms with van der Waals surface area (Å²) in [5.41, 5.74) is 0. The molecule has 1 aromatic heterocycles. The van der Waals surface area contributed by atoms with Gasteiger partial charge >= 0.3 is 0 Å². The van der Waals surface area contributed by atoms with Crippen LogP contribution in [0.25, 0.3) is 0 Å². The highest BCUT2D eigenvalue weighted by atomic mass is 32.2. The van der Waals surface area contributed by atoms with E-state index < -0.39 is 9.84 Å². The fourth-order valence-corrected chi connectivity index (χ4v) is 1.50. The van der Waals surface area contributed by atoms with Crippen LogP contribution in [0, 0.1) is 0 Å². The maximum absolute atomic E-state index is 11.3. The van der Waals surface area contributed by atoms with Crippen LogP contribution in [0.3, 0.4) is 0 Å². The lowest BCUT2D eigenvalue weighted by Crippen LogP contribution is -2.13. The van der Waals surface area contributed by atoms with Crippen LogP contribution >= 0.6 is 0 Å². The van der Waals surface area contributed by atoms with Gasteiger partial charge in [-0.1, -0.05) is 0 Å². The van der Waals surface area contributed by atoms with E-state index in [-0.39, 0.29) is 17.1 Å².